The molecule has 28 heavy (non-hydrogen) atoms. The smallest absolute Gasteiger partial charge is 0.263 e. The minimum absolute atomic E-state index is 0.163. The van der Waals surface area contributed by atoms with Crippen LogP contribution in [0.25, 0.3) is 10.6 Å². The van der Waals surface area contributed by atoms with Gasteiger partial charge in [0.1, 0.15) is 15.7 Å². The van der Waals surface area contributed by atoms with E-state index in [1.165, 1.54) is 23.5 Å². The molecule has 3 rings (SSSR count). The van der Waals surface area contributed by atoms with Crippen LogP contribution in [0, 0.1) is 12.7 Å². The molecule has 0 radical (unpaired) electrons. The maximum Gasteiger partial charge on any atom is 0.263 e. The molecule has 146 valence electrons. The standard InChI is InChI=1S/C21H21FN2O3S/c1-13-19(28-21(24-13)15-5-7-16(22)8-6-15)20(25)23-11-10-14-4-9-17(26-2)18(12-14)27-3/h4-9,12H,10-11H2,1-3H3,(H,23,25). The monoisotopic (exact) mass is 400 g/mol. The third-order valence-electron chi connectivity index (χ3n) is 4.24. The Morgan fingerprint density at radius 2 is 1.82 bits per heavy atom. The Morgan fingerprint density at radius 3 is 2.50 bits per heavy atom. The lowest BCUT2D eigenvalue weighted by Gasteiger charge is -2.10. The number of carbonyl (C=O) groups is 1. The zero-order chi connectivity index (χ0) is 20.1. The van der Waals surface area contributed by atoms with Gasteiger partial charge >= 0.3 is 0 Å². The van der Waals surface area contributed by atoms with Crippen molar-refractivity contribution in [2.45, 2.75) is 13.3 Å². The molecular weight excluding hydrogens is 379 g/mol. The number of aryl methyl sites for hydroxylation is 1. The highest BCUT2D eigenvalue weighted by Crippen LogP contribution is 2.29. The molecule has 0 aliphatic rings. The number of nitrogens with zero attached hydrogens (tertiary/aromatic N) is 1. The van der Waals surface area contributed by atoms with E-state index >= 15 is 0 Å². The second-order valence-electron chi connectivity index (χ2n) is 6.14. The number of benzene rings is 2. The second-order valence-corrected chi connectivity index (χ2v) is 7.13. The molecule has 0 saturated heterocycles. The maximum atomic E-state index is 13.1. The van der Waals surface area contributed by atoms with Gasteiger partial charge in [-0.15, -0.1) is 11.3 Å². The Morgan fingerprint density at radius 1 is 1.11 bits per heavy atom. The van der Waals surface area contributed by atoms with Gasteiger partial charge in [0, 0.05) is 12.1 Å². The van der Waals surface area contributed by atoms with Crippen LogP contribution in [-0.4, -0.2) is 31.7 Å². The van der Waals surface area contributed by atoms with Crippen LogP contribution in [-0.2, 0) is 6.42 Å². The SMILES string of the molecule is COc1ccc(CCNC(=O)c2sc(-c3ccc(F)cc3)nc2C)cc1OC. The molecule has 1 aromatic heterocycles. The van der Waals surface area contributed by atoms with Crippen molar-refractivity contribution >= 4 is 17.2 Å². The van der Waals surface area contributed by atoms with Crippen LogP contribution in [0.3, 0.4) is 0 Å². The number of thiazole rings is 1. The van der Waals surface area contributed by atoms with Gasteiger partial charge < -0.3 is 14.8 Å². The Kier molecular flexibility index (Phi) is 6.26. The first-order chi connectivity index (χ1) is 13.5. The quantitative estimate of drug-likeness (QED) is 0.644. The summed E-state index contributed by atoms with van der Waals surface area (Å²) in [5, 5.41) is 3.62. The molecule has 0 atom stereocenters. The van der Waals surface area contributed by atoms with Gasteiger partial charge in [0.25, 0.3) is 5.91 Å². The zero-order valence-corrected chi connectivity index (χ0v) is 16.7. The lowest BCUT2D eigenvalue weighted by molar-refractivity contribution is 0.0957. The highest BCUT2D eigenvalue weighted by molar-refractivity contribution is 7.17. The minimum atomic E-state index is -0.301. The van der Waals surface area contributed by atoms with Crippen LogP contribution in [0.2, 0.25) is 0 Å². The van der Waals surface area contributed by atoms with E-state index in [9.17, 15) is 9.18 Å². The number of hydrogen-bond donors (Lipinski definition) is 1. The molecule has 0 unspecified atom stereocenters. The van der Waals surface area contributed by atoms with E-state index in [1.54, 1.807) is 33.3 Å². The van der Waals surface area contributed by atoms with E-state index in [1.807, 2.05) is 18.2 Å². The molecule has 3 aromatic rings. The average molecular weight is 400 g/mol. The number of aromatic nitrogens is 1. The predicted molar refractivity (Wildman–Crippen MR) is 108 cm³/mol. The van der Waals surface area contributed by atoms with E-state index in [-0.39, 0.29) is 11.7 Å². The van der Waals surface area contributed by atoms with E-state index in [4.69, 9.17) is 9.47 Å². The van der Waals surface area contributed by atoms with Crippen molar-refractivity contribution in [2.75, 3.05) is 20.8 Å². The first-order valence-corrected chi connectivity index (χ1v) is 9.56. The summed E-state index contributed by atoms with van der Waals surface area (Å²) < 4.78 is 23.6. The number of nitrogens with one attached hydrogen (secondary N) is 1. The lowest BCUT2D eigenvalue weighted by atomic mass is 10.1. The molecule has 2 aromatic carbocycles. The summed E-state index contributed by atoms with van der Waals surface area (Å²) in [6.07, 6.45) is 0.661. The average Bonchev–Trinajstić information content (AvgIpc) is 3.10. The Labute approximate surface area is 167 Å². The highest BCUT2D eigenvalue weighted by Gasteiger charge is 2.16. The van der Waals surface area contributed by atoms with Crippen molar-refractivity contribution in [1.82, 2.24) is 10.3 Å². The number of amides is 1. The van der Waals surface area contributed by atoms with Crippen molar-refractivity contribution < 1.29 is 18.7 Å². The van der Waals surface area contributed by atoms with Crippen molar-refractivity contribution in [3.63, 3.8) is 0 Å². The fraction of sp³-hybridized carbons (Fsp3) is 0.238. The molecule has 0 bridgehead atoms. The minimum Gasteiger partial charge on any atom is -0.493 e. The van der Waals surface area contributed by atoms with Crippen LogP contribution in [0.4, 0.5) is 4.39 Å². The summed E-state index contributed by atoms with van der Waals surface area (Å²) in [6, 6.07) is 11.8. The Bertz CT molecular complexity index is 970. The van der Waals surface area contributed by atoms with Gasteiger partial charge in [-0.2, -0.15) is 0 Å². The van der Waals surface area contributed by atoms with Gasteiger partial charge in [0.05, 0.1) is 19.9 Å². The fourth-order valence-electron chi connectivity index (χ4n) is 2.76. The summed E-state index contributed by atoms with van der Waals surface area (Å²) >= 11 is 1.30. The number of ether oxygens (including phenoxy) is 2. The molecule has 1 N–H and O–H groups in total. The van der Waals surface area contributed by atoms with Gasteiger partial charge in [-0.25, -0.2) is 9.37 Å². The van der Waals surface area contributed by atoms with Gasteiger partial charge in [0.15, 0.2) is 11.5 Å². The normalized spacial score (nSPS) is 10.6. The molecule has 0 aliphatic carbocycles. The van der Waals surface area contributed by atoms with E-state index in [2.05, 4.69) is 10.3 Å². The second kappa shape index (κ2) is 8.84. The van der Waals surface area contributed by atoms with Gasteiger partial charge in [-0.05, 0) is 55.3 Å². The van der Waals surface area contributed by atoms with Crippen molar-refractivity contribution in [3.8, 4) is 22.1 Å². The van der Waals surface area contributed by atoms with Gasteiger partial charge in [-0.1, -0.05) is 6.07 Å². The van der Waals surface area contributed by atoms with Crippen LogP contribution < -0.4 is 14.8 Å². The first-order valence-electron chi connectivity index (χ1n) is 8.74. The highest BCUT2D eigenvalue weighted by atomic mass is 32.1. The molecule has 0 aliphatic heterocycles. The predicted octanol–water partition coefficient (Wildman–Crippen LogP) is 4.25. The van der Waals surface area contributed by atoms with Crippen LogP contribution >= 0.6 is 11.3 Å². The number of hydrogen-bond acceptors (Lipinski definition) is 5. The van der Waals surface area contributed by atoms with Gasteiger partial charge in [-0.3, -0.25) is 4.79 Å². The molecule has 1 amide bonds. The molecule has 0 fully saturated rings. The fourth-order valence-corrected chi connectivity index (χ4v) is 3.75. The molecule has 0 spiro atoms. The molecule has 0 saturated carbocycles. The van der Waals surface area contributed by atoms with Crippen LogP contribution in [0.15, 0.2) is 42.5 Å². The Hall–Kier alpha value is -2.93. The number of carbonyl (C=O) groups excluding carboxylic acids is 1. The maximum absolute atomic E-state index is 13.1. The summed E-state index contributed by atoms with van der Waals surface area (Å²) in [6.45, 7) is 2.28. The Balaban J connectivity index is 1.63. The van der Waals surface area contributed by atoms with Crippen molar-refractivity contribution in [2.24, 2.45) is 0 Å². The van der Waals surface area contributed by atoms with Crippen LogP contribution in [0.1, 0.15) is 20.9 Å². The zero-order valence-electron chi connectivity index (χ0n) is 15.9. The van der Waals surface area contributed by atoms with Crippen molar-refractivity contribution in [1.29, 1.82) is 0 Å². The number of rotatable bonds is 7. The third-order valence-corrected chi connectivity index (χ3v) is 5.45. The summed E-state index contributed by atoms with van der Waals surface area (Å²) in [5.41, 5.74) is 2.48. The van der Waals surface area contributed by atoms with E-state index in [0.29, 0.717) is 40.0 Å². The summed E-state index contributed by atoms with van der Waals surface area (Å²) in [7, 11) is 3.18. The molecule has 5 nitrogen and oxygen atoms in total. The van der Waals surface area contributed by atoms with Crippen molar-refractivity contribution in [3.05, 3.63) is 64.4 Å². The van der Waals surface area contributed by atoms with Crippen LogP contribution in [0.5, 0.6) is 11.5 Å². The molecular formula is C21H21FN2O3S. The van der Waals surface area contributed by atoms with Gasteiger partial charge in [0.2, 0.25) is 0 Å². The first kappa shape index (κ1) is 19.8. The topological polar surface area (TPSA) is 60.5 Å². The largest absolute Gasteiger partial charge is 0.493 e. The van der Waals surface area contributed by atoms with E-state index < -0.39 is 0 Å². The summed E-state index contributed by atoms with van der Waals surface area (Å²) in [4.78, 5) is 17.5. The van der Waals surface area contributed by atoms with E-state index in [0.717, 1.165) is 11.1 Å². The third kappa shape index (κ3) is 4.48. The molecule has 7 heteroatoms. The lowest BCUT2D eigenvalue weighted by Crippen LogP contribution is -2.25. The number of methoxy groups -OCH3 is 2. The number of halogens is 1. The summed E-state index contributed by atoms with van der Waals surface area (Å²) in [5.74, 6) is 0.867. The molecule has 1 heterocycles.